The number of ether oxygens (including phenoxy) is 1. The molecule has 0 aromatic heterocycles. The summed E-state index contributed by atoms with van der Waals surface area (Å²) in [6, 6.07) is 6.59. The van der Waals surface area contributed by atoms with Gasteiger partial charge in [-0.1, -0.05) is 6.07 Å². The first-order valence-electron chi connectivity index (χ1n) is 6.91. The molecule has 2 rings (SSSR count). The van der Waals surface area contributed by atoms with Gasteiger partial charge in [0.2, 0.25) is 0 Å². The first kappa shape index (κ1) is 14.2. The molecule has 0 saturated carbocycles. The number of rotatable bonds is 4. The summed E-state index contributed by atoms with van der Waals surface area (Å²) in [5.41, 5.74) is 7.77. The number of likely N-dealkylation sites (tertiary alicyclic amines) is 1. The first-order chi connectivity index (χ1) is 9.10. The maximum absolute atomic E-state index is 5.80. The minimum Gasteiger partial charge on any atom is -0.496 e. The van der Waals surface area contributed by atoms with E-state index in [1.165, 1.54) is 18.4 Å². The summed E-state index contributed by atoms with van der Waals surface area (Å²) in [5, 5.41) is 0. The Morgan fingerprint density at radius 2 is 2.21 bits per heavy atom. The first-order valence-corrected chi connectivity index (χ1v) is 6.91. The second kappa shape index (κ2) is 6.26. The average Bonchev–Trinajstić information content (AvgIpc) is 2.41. The van der Waals surface area contributed by atoms with Gasteiger partial charge in [-0.15, -0.1) is 0 Å². The molecule has 1 aliphatic heterocycles. The lowest BCUT2D eigenvalue weighted by molar-refractivity contribution is 0.127. The summed E-state index contributed by atoms with van der Waals surface area (Å²) in [7, 11) is 6.03. The van der Waals surface area contributed by atoms with Gasteiger partial charge < -0.3 is 15.4 Å². The van der Waals surface area contributed by atoms with Crippen molar-refractivity contribution in [2.45, 2.75) is 25.4 Å². The summed E-state index contributed by atoms with van der Waals surface area (Å²) in [6.45, 7) is 3.23. The Morgan fingerprint density at radius 3 is 2.89 bits per heavy atom. The van der Waals surface area contributed by atoms with Crippen LogP contribution in [0.25, 0.3) is 0 Å². The molecule has 0 aliphatic carbocycles. The van der Waals surface area contributed by atoms with Gasteiger partial charge in [-0.2, -0.15) is 0 Å². The third-order valence-corrected chi connectivity index (χ3v) is 3.92. The van der Waals surface area contributed by atoms with Crippen molar-refractivity contribution in [1.82, 2.24) is 9.80 Å². The van der Waals surface area contributed by atoms with Crippen LogP contribution < -0.4 is 10.5 Å². The molecule has 0 amide bonds. The molecule has 19 heavy (non-hydrogen) atoms. The molecule has 106 valence electrons. The molecule has 1 saturated heterocycles. The van der Waals surface area contributed by atoms with E-state index in [1.807, 2.05) is 12.1 Å². The molecule has 0 bridgehead atoms. The Balaban J connectivity index is 2.04. The Hall–Kier alpha value is -1.26. The number of nitrogens with two attached hydrogens (primary N) is 1. The van der Waals surface area contributed by atoms with Crippen LogP contribution in [-0.4, -0.2) is 50.1 Å². The molecule has 1 fully saturated rings. The molecule has 1 atom stereocenters. The van der Waals surface area contributed by atoms with Gasteiger partial charge in [0.05, 0.1) is 7.11 Å². The van der Waals surface area contributed by atoms with Crippen LogP contribution in [0.1, 0.15) is 18.4 Å². The Labute approximate surface area is 116 Å². The Kier molecular flexibility index (Phi) is 4.66. The number of hydrogen-bond donors (Lipinski definition) is 1. The summed E-state index contributed by atoms with van der Waals surface area (Å²) in [4.78, 5) is 4.83. The van der Waals surface area contributed by atoms with E-state index in [0.29, 0.717) is 6.04 Å². The standard InChI is InChI=1S/C15H25N3O/c1-17(2)14-5-4-8-18(11-14)10-12-6-7-13(16)9-15(12)19-3/h6-7,9,14H,4-5,8,10-11,16H2,1-3H3. The Bertz CT molecular complexity index is 420. The highest BCUT2D eigenvalue weighted by Crippen LogP contribution is 2.24. The second-order valence-corrected chi connectivity index (χ2v) is 5.57. The number of nitrogens with zero attached hydrogens (tertiary/aromatic N) is 2. The quantitative estimate of drug-likeness (QED) is 0.841. The van der Waals surface area contributed by atoms with E-state index in [4.69, 9.17) is 10.5 Å². The molecule has 1 aromatic rings. The number of piperidine rings is 1. The van der Waals surface area contributed by atoms with Gasteiger partial charge in [0.1, 0.15) is 5.75 Å². The highest BCUT2D eigenvalue weighted by molar-refractivity contribution is 5.48. The van der Waals surface area contributed by atoms with Gasteiger partial charge in [-0.3, -0.25) is 4.90 Å². The maximum Gasteiger partial charge on any atom is 0.125 e. The molecular formula is C15H25N3O. The zero-order valence-corrected chi connectivity index (χ0v) is 12.2. The lowest BCUT2D eigenvalue weighted by Gasteiger charge is -2.36. The van der Waals surface area contributed by atoms with Gasteiger partial charge in [0.25, 0.3) is 0 Å². The number of methoxy groups -OCH3 is 1. The van der Waals surface area contributed by atoms with E-state index in [1.54, 1.807) is 7.11 Å². The molecule has 4 heteroatoms. The third kappa shape index (κ3) is 3.61. The fourth-order valence-corrected chi connectivity index (χ4v) is 2.73. The van der Waals surface area contributed by atoms with E-state index in [9.17, 15) is 0 Å². The predicted molar refractivity (Wildman–Crippen MR) is 79.4 cm³/mol. The Morgan fingerprint density at radius 1 is 1.42 bits per heavy atom. The van der Waals surface area contributed by atoms with Crippen LogP contribution in [0, 0.1) is 0 Å². The highest BCUT2D eigenvalue weighted by Gasteiger charge is 2.22. The molecule has 0 radical (unpaired) electrons. The zero-order valence-electron chi connectivity index (χ0n) is 12.2. The summed E-state index contributed by atoms with van der Waals surface area (Å²) in [5.74, 6) is 0.895. The van der Waals surface area contributed by atoms with Gasteiger partial charge in [0, 0.05) is 36.4 Å². The molecule has 1 unspecified atom stereocenters. The van der Waals surface area contributed by atoms with E-state index in [0.717, 1.165) is 31.1 Å². The monoisotopic (exact) mass is 263 g/mol. The zero-order chi connectivity index (χ0) is 13.8. The predicted octanol–water partition coefficient (Wildman–Crippen LogP) is 1.80. The molecule has 0 spiro atoms. The van der Waals surface area contributed by atoms with Gasteiger partial charge >= 0.3 is 0 Å². The molecule has 1 aliphatic rings. The summed E-state index contributed by atoms with van der Waals surface area (Å²) < 4.78 is 5.42. The topological polar surface area (TPSA) is 41.7 Å². The van der Waals surface area contributed by atoms with Crippen LogP contribution in [0.4, 0.5) is 5.69 Å². The minimum atomic E-state index is 0.661. The van der Waals surface area contributed by atoms with Crippen molar-refractivity contribution in [3.63, 3.8) is 0 Å². The second-order valence-electron chi connectivity index (χ2n) is 5.57. The van der Waals surface area contributed by atoms with Crippen LogP contribution in [0.15, 0.2) is 18.2 Å². The lowest BCUT2D eigenvalue weighted by Crippen LogP contribution is -2.44. The largest absolute Gasteiger partial charge is 0.496 e. The van der Waals surface area contributed by atoms with Crippen LogP contribution in [-0.2, 0) is 6.54 Å². The molecule has 4 nitrogen and oxygen atoms in total. The number of nitrogen functional groups attached to an aromatic ring is 1. The van der Waals surface area contributed by atoms with E-state index in [2.05, 4.69) is 30.0 Å². The van der Waals surface area contributed by atoms with Crippen molar-refractivity contribution in [2.24, 2.45) is 0 Å². The fourth-order valence-electron chi connectivity index (χ4n) is 2.73. The number of benzene rings is 1. The molecule has 2 N–H and O–H groups in total. The van der Waals surface area contributed by atoms with Crippen molar-refractivity contribution in [3.05, 3.63) is 23.8 Å². The lowest BCUT2D eigenvalue weighted by atomic mass is 10.0. The van der Waals surface area contributed by atoms with E-state index < -0.39 is 0 Å². The average molecular weight is 263 g/mol. The molecule has 1 aromatic carbocycles. The van der Waals surface area contributed by atoms with Crippen LogP contribution in [0.2, 0.25) is 0 Å². The summed E-state index contributed by atoms with van der Waals surface area (Å²) >= 11 is 0. The van der Waals surface area contributed by atoms with E-state index >= 15 is 0 Å². The SMILES string of the molecule is COc1cc(N)ccc1CN1CCCC(N(C)C)C1. The van der Waals surface area contributed by atoms with Crippen molar-refractivity contribution in [2.75, 3.05) is 40.0 Å². The van der Waals surface area contributed by atoms with Crippen molar-refractivity contribution < 1.29 is 4.74 Å². The summed E-state index contributed by atoms with van der Waals surface area (Å²) in [6.07, 6.45) is 2.56. The van der Waals surface area contributed by atoms with Crippen LogP contribution in [0.5, 0.6) is 5.75 Å². The smallest absolute Gasteiger partial charge is 0.125 e. The molecule has 1 heterocycles. The molecular weight excluding hydrogens is 238 g/mol. The van der Waals surface area contributed by atoms with Gasteiger partial charge in [-0.25, -0.2) is 0 Å². The fraction of sp³-hybridized carbons (Fsp3) is 0.600. The van der Waals surface area contributed by atoms with Crippen LogP contribution in [0.3, 0.4) is 0 Å². The van der Waals surface area contributed by atoms with Crippen molar-refractivity contribution in [1.29, 1.82) is 0 Å². The number of likely N-dealkylation sites (N-methyl/N-ethyl adjacent to an activating group) is 1. The van der Waals surface area contributed by atoms with Crippen molar-refractivity contribution >= 4 is 5.69 Å². The normalized spacial score (nSPS) is 20.7. The minimum absolute atomic E-state index is 0.661. The maximum atomic E-state index is 5.80. The van der Waals surface area contributed by atoms with Gasteiger partial charge in [-0.05, 0) is 39.5 Å². The van der Waals surface area contributed by atoms with E-state index in [-0.39, 0.29) is 0 Å². The van der Waals surface area contributed by atoms with Crippen LogP contribution >= 0.6 is 0 Å². The van der Waals surface area contributed by atoms with Crippen molar-refractivity contribution in [3.8, 4) is 5.75 Å². The highest BCUT2D eigenvalue weighted by atomic mass is 16.5. The van der Waals surface area contributed by atoms with Gasteiger partial charge in [0.15, 0.2) is 0 Å². The number of anilines is 1. The number of hydrogen-bond acceptors (Lipinski definition) is 4. The third-order valence-electron chi connectivity index (χ3n) is 3.92.